The molecule has 1 aliphatic rings. The summed E-state index contributed by atoms with van der Waals surface area (Å²) in [4.78, 5) is 40.9. The number of nitrogens with zero attached hydrogens (tertiary/aromatic N) is 3. The lowest BCUT2D eigenvalue weighted by molar-refractivity contribution is -0.402. The lowest BCUT2D eigenvalue weighted by Gasteiger charge is -2.24. The fourth-order valence-electron chi connectivity index (χ4n) is 3.40. The summed E-state index contributed by atoms with van der Waals surface area (Å²) in [6, 6.07) is 7.15. The Hall–Kier alpha value is -3.86. The summed E-state index contributed by atoms with van der Waals surface area (Å²) < 4.78 is 25.4. The number of carbonyl (C=O) groups is 1. The Kier molecular flexibility index (Phi) is 5.57. The molecule has 0 fully saturated rings. The highest BCUT2D eigenvalue weighted by atomic mass is 32.1. The number of rotatable bonds is 5. The molecule has 3 aromatic rings. The number of esters is 1. The number of ether oxygens (including phenoxy) is 1. The van der Waals surface area contributed by atoms with Gasteiger partial charge in [-0.2, -0.15) is 0 Å². The van der Waals surface area contributed by atoms with Crippen LogP contribution in [0.3, 0.4) is 0 Å². The van der Waals surface area contributed by atoms with E-state index in [0.717, 1.165) is 11.3 Å². The Balaban J connectivity index is 1.93. The number of hydrogen-bond donors (Lipinski definition) is 0. The van der Waals surface area contributed by atoms with Crippen molar-refractivity contribution in [3.05, 3.63) is 94.6 Å². The SMILES string of the molecule is CCOC(=O)C1=C(C)N=c2s/c(=C\c3ccc([N+](=O)[O-])o3)c(=O)n2[C@H]1c1ccc(F)cc1. The maximum Gasteiger partial charge on any atom is 0.433 e. The zero-order chi connectivity index (χ0) is 23.0. The number of allylic oxidation sites excluding steroid dienone is 1. The number of carbonyl (C=O) groups excluding carboxylic acids is 1. The lowest BCUT2D eigenvalue weighted by Crippen LogP contribution is -2.39. The standard InChI is InChI=1S/C21H16FN3O6S/c1-3-30-20(27)17-11(2)23-21-24(18(17)12-4-6-13(22)7-5-12)19(26)15(32-21)10-14-8-9-16(31-14)25(28)29/h4-10,18H,3H2,1-2H3/b15-10-/t18-/m0/s1. The van der Waals surface area contributed by atoms with Gasteiger partial charge in [0.2, 0.25) is 0 Å². The highest BCUT2D eigenvalue weighted by molar-refractivity contribution is 7.07. The minimum atomic E-state index is -0.876. The van der Waals surface area contributed by atoms with Crippen LogP contribution in [0.25, 0.3) is 6.08 Å². The van der Waals surface area contributed by atoms with Crippen molar-refractivity contribution in [1.82, 2.24) is 4.57 Å². The van der Waals surface area contributed by atoms with Crippen LogP contribution in [0.15, 0.2) is 61.9 Å². The number of thiazole rings is 1. The molecule has 1 atom stereocenters. The van der Waals surface area contributed by atoms with Crippen LogP contribution in [-0.4, -0.2) is 22.1 Å². The van der Waals surface area contributed by atoms with Gasteiger partial charge in [-0.3, -0.25) is 19.5 Å². The van der Waals surface area contributed by atoms with Crippen LogP contribution in [0.1, 0.15) is 31.2 Å². The average molecular weight is 457 g/mol. The van der Waals surface area contributed by atoms with E-state index in [2.05, 4.69) is 4.99 Å². The third-order valence-electron chi connectivity index (χ3n) is 4.77. The van der Waals surface area contributed by atoms with E-state index in [-0.39, 0.29) is 22.5 Å². The topological polar surface area (TPSA) is 117 Å². The molecule has 1 aliphatic heterocycles. The Morgan fingerprint density at radius 3 is 2.69 bits per heavy atom. The highest BCUT2D eigenvalue weighted by Crippen LogP contribution is 2.30. The van der Waals surface area contributed by atoms with Crippen molar-refractivity contribution in [3.8, 4) is 0 Å². The summed E-state index contributed by atoms with van der Waals surface area (Å²) in [6.07, 6.45) is 1.38. The molecule has 2 aromatic heterocycles. The maximum absolute atomic E-state index is 13.5. The van der Waals surface area contributed by atoms with Gasteiger partial charge >= 0.3 is 11.9 Å². The van der Waals surface area contributed by atoms with E-state index in [9.17, 15) is 24.1 Å². The van der Waals surface area contributed by atoms with Crippen LogP contribution in [0.4, 0.5) is 10.3 Å². The van der Waals surface area contributed by atoms with Crippen molar-refractivity contribution >= 4 is 29.3 Å². The van der Waals surface area contributed by atoms with Crippen LogP contribution < -0.4 is 14.9 Å². The molecule has 0 spiro atoms. The summed E-state index contributed by atoms with van der Waals surface area (Å²) in [5, 5.41) is 10.8. The molecular formula is C21H16FN3O6S. The van der Waals surface area contributed by atoms with Gasteiger partial charge in [0.15, 0.2) is 4.80 Å². The van der Waals surface area contributed by atoms with E-state index >= 15 is 0 Å². The second-order valence-corrected chi connectivity index (χ2v) is 7.80. The van der Waals surface area contributed by atoms with Gasteiger partial charge in [0, 0.05) is 6.08 Å². The summed E-state index contributed by atoms with van der Waals surface area (Å²) in [6.45, 7) is 3.43. The monoisotopic (exact) mass is 457 g/mol. The molecule has 0 aliphatic carbocycles. The van der Waals surface area contributed by atoms with E-state index in [0.29, 0.717) is 16.1 Å². The van der Waals surface area contributed by atoms with E-state index < -0.39 is 34.2 Å². The van der Waals surface area contributed by atoms with Crippen molar-refractivity contribution in [2.24, 2.45) is 4.99 Å². The normalized spacial score (nSPS) is 16.0. The molecule has 11 heteroatoms. The zero-order valence-corrected chi connectivity index (χ0v) is 17.7. The first-order valence-electron chi connectivity index (χ1n) is 9.49. The second-order valence-electron chi connectivity index (χ2n) is 6.79. The van der Waals surface area contributed by atoms with Gasteiger partial charge in [-0.25, -0.2) is 14.2 Å². The number of benzene rings is 1. The molecule has 3 heterocycles. The molecule has 9 nitrogen and oxygen atoms in total. The molecule has 164 valence electrons. The molecule has 32 heavy (non-hydrogen) atoms. The molecule has 0 saturated heterocycles. The molecule has 0 bridgehead atoms. The van der Waals surface area contributed by atoms with Gasteiger partial charge in [-0.05, 0) is 37.6 Å². The highest BCUT2D eigenvalue weighted by Gasteiger charge is 2.33. The van der Waals surface area contributed by atoms with Gasteiger partial charge in [-0.1, -0.05) is 23.5 Å². The van der Waals surface area contributed by atoms with Crippen molar-refractivity contribution in [2.75, 3.05) is 6.61 Å². The second kappa shape index (κ2) is 8.35. The van der Waals surface area contributed by atoms with Crippen LogP contribution in [-0.2, 0) is 9.53 Å². The molecule has 4 rings (SSSR count). The number of fused-ring (bicyclic) bond motifs is 1. The fourth-order valence-corrected chi connectivity index (χ4v) is 4.43. The summed E-state index contributed by atoms with van der Waals surface area (Å²) in [5.74, 6) is -1.41. The fraction of sp³-hybridized carbons (Fsp3) is 0.190. The third-order valence-corrected chi connectivity index (χ3v) is 5.75. The largest absolute Gasteiger partial charge is 0.463 e. The van der Waals surface area contributed by atoms with Crippen molar-refractivity contribution < 1.29 is 23.3 Å². The molecular weight excluding hydrogens is 441 g/mol. The van der Waals surface area contributed by atoms with E-state index in [1.807, 2.05) is 0 Å². The molecule has 1 aromatic carbocycles. The Morgan fingerprint density at radius 2 is 2.06 bits per heavy atom. The van der Waals surface area contributed by atoms with Gasteiger partial charge in [-0.15, -0.1) is 0 Å². The van der Waals surface area contributed by atoms with Crippen LogP contribution in [0.5, 0.6) is 0 Å². The number of aromatic nitrogens is 1. The molecule has 0 amide bonds. The number of furan rings is 1. The zero-order valence-electron chi connectivity index (χ0n) is 16.9. The Bertz CT molecular complexity index is 1430. The van der Waals surface area contributed by atoms with Crippen molar-refractivity contribution in [2.45, 2.75) is 19.9 Å². The van der Waals surface area contributed by atoms with Gasteiger partial charge in [0.1, 0.15) is 16.5 Å². The van der Waals surface area contributed by atoms with E-state index in [4.69, 9.17) is 9.15 Å². The first kappa shape index (κ1) is 21.4. The summed E-state index contributed by atoms with van der Waals surface area (Å²) in [5.41, 5.74) is 0.576. The maximum atomic E-state index is 13.5. The molecule has 0 saturated carbocycles. The first-order chi connectivity index (χ1) is 15.3. The van der Waals surface area contributed by atoms with Crippen LogP contribution >= 0.6 is 11.3 Å². The summed E-state index contributed by atoms with van der Waals surface area (Å²) >= 11 is 1.04. The average Bonchev–Trinajstić information content (AvgIpc) is 3.33. The van der Waals surface area contributed by atoms with Gasteiger partial charge in [0.05, 0.1) is 34.5 Å². The molecule has 0 N–H and O–H groups in total. The molecule has 0 unspecified atom stereocenters. The smallest absolute Gasteiger partial charge is 0.433 e. The third kappa shape index (κ3) is 3.78. The van der Waals surface area contributed by atoms with Crippen LogP contribution in [0.2, 0.25) is 0 Å². The van der Waals surface area contributed by atoms with Crippen LogP contribution in [0, 0.1) is 15.9 Å². The Morgan fingerprint density at radius 1 is 1.34 bits per heavy atom. The lowest BCUT2D eigenvalue weighted by atomic mass is 9.96. The van der Waals surface area contributed by atoms with Gasteiger partial charge < -0.3 is 9.15 Å². The predicted molar refractivity (Wildman–Crippen MR) is 112 cm³/mol. The van der Waals surface area contributed by atoms with Gasteiger partial charge in [0.25, 0.3) is 5.56 Å². The quantitative estimate of drug-likeness (QED) is 0.330. The predicted octanol–water partition coefficient (Wildman–Crippen LogP) is 2.44. The first-order valence-corrected chi connectivity index (χ1v) is 10.3. The van der Waals surface area contributed by atoms with Crippen molar-refractivity contribution in [3.63, 3.8) is 0 Å². The molecule has 0 radical (unpaired) electrons. The minimum Gasteiger partial charge on any atom is -0.463 e. The van der Waals surface area contributed by atoms with Crippen molar-refractivity contribution in [1.29, 1.82) is 0 Å². The number of halogens is 1. The number of hydrogen-bond acceptors (Lipinski definition) is 8. The summed E-state index contributed by atoms with van der Waals surface area (Å²) in [7, 11) is 0. The minimum absolute atomic E-state index is 0.127. The van der Waals surface area contributed by atoms with E-state index in [1.165, 1.54) is 47.0 Å². The Labute approximate surface area is 183 Å². The number of nitro groups is 1. The van der Waals surface area contributed by atoms with E-state index in [1.54, 1.807) is 13.8 Å².